The van der Waals surface area contributed by atoms with Crippen molar-refractivity contribution in [2.75, 3.05) is 18.0 Å². The predicted octanol–water partition coefficient (Wildman–Crippen LogP) is 5.94. The minimum Gasteiger partial charge on any atom is -0.371 e. The quantitative estimate of drug-likeness (QED) is 0.273. The van der Waals surface area contributed by atoms with Crippen LogP contribution in [0.4, 0.5) is 11.4 Å². The fraction of sp³-hybridized carbons (Fsp3) is 0.240. The summed E-state index contributed by atoms with van der Waals surface area (Å²) < 4.78 is 0. The summed E-state index contributed by atoms with van der Waals surface area (Å²) in [6.07, 6.45) is 3.08. The lowest BCUT2D eigenvalue weighted by Gasteiger charge is -2.34. The molecule has 0 atom stereocenters. The number of hydrogen-bond donors (Lipinski definition) is 0. The molecule has 0 aromatic heterocycles. The fourth-order valence-corrected chi connectivity index (χ4v) is 4.30. The summed E-state index contributed by atoms with van der Waals surface area (Å²) in [6.45, 7) is 1.63. The number of non-ortho nitro benzene ring substituents is 1. The first-order valence-corrected chi connectivity index (χ1v) is 10.8. The molecule has 3 aromatic rings. The van der Waals surface area contributed by atoms with Crippen LogP contribution in [-0.4, -0.2) is 23.8 Å². The summed E-state index contributed by atoms with van der Waals surface area (Å²) in [5.41, 5.74) is 2.83. The van der Waals surface area contributed by atoms with Crippen LogP contribution >= 0.6 is 11.6 Å². The Bertz CT molecular complexity index is 1080. The Morgan fingerprint density at radius 1 is 1.00 bits per heavy atom. The number of carbonyl (C=O) groups excluding carboxylic acids is 1. The van der Waals surface area contributed by atoms with E-state index < -0.39 is 4.92 Å². The van der Waals surface area contributed by atoms with E-state index in [1.165, 1.54) is 17.7 Å². The van der Waals surface area contributed by atoms with Crippen molar-refractivity contribution in [3.63, 3.8) is 0 Å². The zero-order chi connectivity index (χ0) is 21.8. The van der Waals surface area contributed by atoms with Gasteiger partial charge in [-0.2, -0.15) is 0 Å². The molecule has 0 bridgehead atoms. The molecule has 0 N–H and O–H groups in total. The highest BCUT2D eigenvalue weighted by Gasteiger charge is 2.25. The third-order valence-corrected chi connectivity index (χ3v) is 6.12. The van der Waals surface area contributed by atoms with Gasteiger partial charge in [-0.05, 0) is 61.1 Å². The zero-order valence-corrected chi connectivity index (χ0v) is 17.8. The van der Waals surface area contributed by atoms with Crippen molar-refractivity contribution in [1.29, 1.82) is 0 Å². The minimum atomic E-state index is -0.464. The van der Waals surface area contributed by atoms with Gasteiger partial charge in [0.25, 0.3) is 5.69 Å². The molecular formula is C25H23ClN2O3. The zero-order valence-electron chi connectivity index (χ0n) is 17.0. The van der Waals surface area contributed by atoms with Gasteiger partial charge in [0.05, 0.1) is 10.5 Å². The Labute approximate surface area is 186 Å². The van der Waals surface area contributed by atoms with Crippen LogP contribution < -0.4 is 4.90 Å². The van der Waals surface area contributed by atoms with Crippen LogP contribution in [0.25, 0.3) is 0 Å². The van der Waals surface area contributed by atoms with Crippen molar-refractivity contribution >= 4 is 28.8 Å². The number of anilines is 1. The Balaban J connectivity index is 1.56. The van der Waals surface area contributed by atoms with Crippen LogP contribution in [0.5, 0.6) is 0 Å². The summed E-state index contributed by atoms with van der Waals surface area (Å²) in [7, 11) is 0. The molecule has 0 saturated carbocycles. The molecule has 6 heteroatoms. The molecule has 1 heterocycles. The maximum absolute atomic E-state index is 13.2. The van der Waals surface area contributed by atoms with E-state index in [1.54, 1.807) is 30.3 Å². The Hall–Kier alpha value is -3.18. The van der Waals surface area contributed by atoms with Crippen molar-refractivity contribution in [2.45, 2.75) is 19.3 Å². The van der Waals surface area contributed by atoms with E-state index in [1.807, 2.05) is 6.07 Å². The highest BCUT2D eigenvalue weighted by Crippen LogP contribution is 2.32. The van der Waals surface area contributed by atoms with Crippen molar-refractivity contribution in [2.24, 2.45) is 5.92 Å². The van der Waals surface area contributed by atoms with Gasteiger partial charge >= 0.3 is 0 Å². The van der Waals surface area contributed by atoms with Crippen LogP contribution in [0.1, 0.15) is 34.3 Å². The lowest BCUT2D eigenvalue weighted by atomic mass is 9.89. The topological polar surface area (TPSA) is 63.4 Å². The van der Waals surface area contributed by atoms with Gasteiger partial charge in [-0.3, -0.25) is 14.9 Å². The molecule has 1 fully saturated rings. The van der Waals surface area contributed by atoms with E-state index in [4.69, 9.17) is 11.6 Å². The van der Waals surface area contributed by atoms with E-state index in [0.29, 0.717) is 22.1 Å². The van der Waals surface area contributed by atoms with E-state index >= 15 is 0 Å². The number of carbonyl (C=O) groups is 1. The standard InChI is InChI=1S/C25H23ClN2O3/c26-21-8-6-20(7-9-21)25(29)23-17-22(28(30)31)10-11-24(23)27-14-12-19(13-15-27)16-18-4-2-1-3-5-18/h1-11,17,19H,12-16H2. The average molecular weight is 435 g/mol. The van der Waals surface area contributed by atoms with E-state index in [0.717, 1.165) is 38.0 Å². The molecule has 1 aliphatic heterocycles. The third-order valence-electron chi connectivity index (χ3n) is 5.86. The third kappa shape index (κ3) is 4.94. The second-order valence-corrected chi connectivity index (χ2v) is 8.35. The molecule has 0 spiro atoms. The molecule has 3 aromatic carbocycles. The smallest absolute Gasteiger partial charge is 0.270 e. The Morgan fingerprint density at radius 3 is 2.32 bits per heavy atom. The van der Waals surface area contributed by atoms with Gasteiger partial charge in [-0.15, -0.1) is 0 Å². The van der Waals surface area contributed by atoms with Crippen LogP contribution in [0.15, 0.2) is 72.8 Å². The van der Waals surface area contributed by atoms with Gasteiger partial charge in [0.1, 0.15) is 0 Å². The number of nitro benzene ring substituents is 1. The van der Waals surface area contributed by atoms with Crippen molar-refractivity contribution in [3.05, 3.63) is 105 Å². The number of ketones is 1. The molecule has 4 rings (SSSR count). The molecule has 1 saturated heterocycles. The predicted molar refractivity (Wildman–Crippen MR) is 123 cm³/mol. The van der Waals surface area contributed by atoms with Crippen LogP contribution in [-0.2, 0) is 6.42 Å². The molecule has 31 heavy (non-hydrogen) atoms. The molecular weight excluding hydrogens is 412 g/mol. The largest absolute Gasteiger partial charge is 0.371 e. The second kappa shape index (κ2) is 9.31. The van der Waals surface area contributed by atoms with Gasteiger partial charge < -0.3 is 4.90 Å². The van der Waals surface area contributed by atoms with Gasteiger partial charge in [0.15, 0.2) is 5.78 Å². The van der Waals surface area contributed by atoms with Crippen molar-refractivity contribution in [1.82, 2.24) is 0 Å². The first-order chi connectivity index (χ1) is 15.0. The highest BCUT2D eigenvalue weighted by atomic mass is 35.5. The fourth-order valence-electron chi connectivity index (χ4n) is 4.18. The molecule has 1 aliphatic rings. The normalized spacial score (nSPS) is 14.4. The van der Waals surface area contributed by atoms with Crippen LogP contribution in [0.2, 0.25) is 5.02 Å². The maximum atomic E-state index is 13.2. The summed E-state index contributed by atoms with van der Waals surface area (Å²) in [5.74, 6) is 0.355. The van der Waals surface area contributed by atoms with E-state index in [2.05, 4.69) is 29.2 Å². The minimum absolute atomic E-state index is 0.0833. The average Bonchev–Trinajstić information content (AvgIpc) is 2.80. The lowest BCUT2D eigenvalue weighted by molar-refractivity contribution is -0.384. The van der Waals surface area contributed by atoms with Crippen LogP contribution in [0, 0.1) is 16.0 Å². The van der Waals surface area contributed by atoms with Gasteiger partial charge in [-0.1, -0.05) is 41.9 Å². The first kappa shape index (κ1) is 21.1. The van der Waals surface area contributed by atoms with E-state index in [9.17, 15) is 14.9 Å². The van der Waals surface area contributed by atoms with Crippen molar-refractivity contribution in [3.8, 4) is 0 Å². The lowest BCUT2D eigenvalue weighted by Crippen LogP contribution is -2.35. The number of benzene rings is 3. The number of hydrogen-bond acceptors (Lipinski definition) is 4. The van der Waals surface area contributed by atoms with Crippen LogP contribution in [0.3, 0.4) is 0 Å². The molecule has 0 radical (unpaired) electrons. The maximum Gasteiger partial charge on any atom is 0.270 e. The molecule has 0 aliphatic carbocycles. The second-order valence-electron chi connectivity index (χ2n) is 7.91. The highest BCUT2D eigenvalue weighted by molar-refractivity contribution is 6.30. The SMILES string of the molecule is O=C(c1ccc(Cl)cc1)c1cc([N+](=O)[O-])ccc1N1CCC(Cc2ccccc2)CC1. The number of halogens is 1. The Morgan fingerprint density at radius 2 is 1.68 bits per heavy atom. The van der Waals surface area contributed by atoms with Crippen molar-refractivity contribution < 1.29 is 9.72 Å². The first-order valence-electron chi connectivity index (χ1n) is 10.4. The number of rotatable bonds is 6. The summed E-state index contributed by atoms with van der Waals surface area (Å²) in [6, 6.07) is 21.7. The summed E-state index contributed by atoms with van der Waals surface area (Å²) in [5, 5.41) is 11.9. The molecule has 5 nitrogen and oxygen atoms in total. The monoisotopic (exact) mass is 434 g/mol. The summed E-state index contributed by atoms with van der Waals surface area (Å²) >= 11 is 5.94. The molecule has 158 valence electrons. The summed E-state index contributed by atoms with van der Waals surface area (Å²) in [4.78, 5) is 26.2. The van der Waals surface area contributed by atoms with Gasteiger partial charge in [-0.25, -0.2) is 0 Å². The number of nitro groups is 1. The van der Waals surface area contributed by atoms with Gasteiger partial charge in [0, 0.05) is 41.5 Å². The molecule has 0 amide bonds. The molecule has 0 unspecified atom stereocenters. The number of nitrogens with zero attached hydrogens (tertiary/aromatic N) is 2. The van der Waals surface area contributed by atoms with Gasteiger partial charge in [0.2, 0.25) is 0 Å². The Kier molecular flexibility index (Phi) is 6.33. The number of piperidine rings is 1. The van der Waals surface area contributed by atoms with E-state index in [-0.39, 0.29) is 11.5 Å².